The Morgan fingerprint density at radius 3 is 2.58 bits per heavy atom. The van der Waals surface area contributed by atoms with Crippen molar-refractivity contribution in [3.63, 3.8) is 0 Å². The van der Waals surface area contributed by atoms with E-state index in [1.165, 1.54) is 11.1 Å². The largest absolute Gasteiger partial charge is 0.484 e. The summed E-state index contributed by atoms with van der Waals surface area (Å²) in [6, 6.07) is 18.3. The van der Waals surface area contributed by atoms with Gasteiger partial charge in [-0.1, -0.05) is 45.0 Å². The zero-order valence-corrected chi connectivity index (χ0v) is 28.5. The summed E-state index contributed by atoms with van der Waals surface area (Å²) in [4.78, 5) is 28.1. The van der Waals surface area contributed by atoms with Crippen LogP contribution in [0.3, 0.4) is 0 Å². The Bertz CT molecular complexity index is 1760. The molecule has 1 saturated heterocycles. The maximum atomic E-state index is 13.1. The average molecular weight is 653 g/mol. The van der Waals surface area contributed by atoms with Crippen molar-refractivity contribution < 1.29 is 19.4 Å². The molecule has 2 aromatic heterocycles. The first-order chi connectivity index (χ1) is 23.1. The highest BCUT2D eigenvalue weighted by Crippen LogP contribution is 2.42. The Kier molecular flexibility index (Phi) is 10.1. The number of hydrogen-bond acceptors (Lipinski definition) is 7. The molecular formula is C38H48N6O4. The summed E-state index contributed by atoms with van der Waals surface area (Å²) >= 11 is 0. The predicted molar refractivity (Wildman–Crippen MR) is 186 cm³/mol. The third-order valence-electron chi connectivity index (χ3n) is 9.76. The Morgan fingerprint density at radius 2 is 1.83 bits per heavy atom. The lowest BCUT2D eigenvalue weighted by molar-refractivity contribution is -0.116. The van der Waals surface area contributed by atoms with Crippen molar-refractivity contribution in [3.8, 4) is 5.75 Å². The van der Waals surface area contributed by atoms with Crippen LogP contribution in [0.25, 0.3) is 5.65 Å². The van der Waals surface area contributed by atoms with Crippen molar-refractivity contribution in [3.05, 3.63) is 88.9 Å². The summed E-state index contributed by atoms with van der Waals surface area (Å²) in [5, 5.41) is 23.8. The number of rotatable bonds is 11. The lowest BCUT2D eigenvalue weighted by Gasteiger charge is -2.32. The fourth-order valence-corrected chi connectivity index (χ4v) is 7.12. The van der Waals surface area contributed by atoms with Crippen LogP contribution in [0.15, 0.2) is 60.8 Å². The number of amides is 2. The number of aromatic nitrogens is 3. The molecule has 3 N–H and O–H groups in total. The van der Waals surface area contributed by atoms with E-state index in [1.54, 1.807) is 6.07 Å². The van der Waals surface area contributed by atoms with Crippen molar-refractivity contribution in [2.75, 3.05) is 32.1 Å². The van der Waals surface area contributed by atoms with Gasteiger partial charge in [0.25, 0.3) is 5.91 Å². The van der Waals surface area contributed by atoms with E-state index in [2.05, 4.69) is 82.2 Å². The summed E-state index contributed by atoms with van der Waals surface area (Å²) in [5.74, 6) is 1.79. The minimum Gasteiger partial charge on any atom is -0.484 e. The van der Waals surface area contributed by atoms with Crippen LogP contribution in [-0.2, 0) is 10.2 Å². The molecule has 1 aliphatic heterocycles. The van der Waals surface area contributed by atoms with Gasteiger partial charge in [0.2, 0.25) is 5.91 Å². The molecule has 1 fully saturated rings. The van der Waals surface area contributed by atoms with E-state index in [9.17, 15) is 9.59 Å². The summed E-state index contributed by atoms with van der Waals surface area (Å²) in [5.41, 5.74) is 5.15. The smallest absolute Gasteiger partial charge is 0.251 e. The maximum Gasteiger partial charge on any atom is 0.251 e. The number of aliphatic hydroxyl groups is 1. The van der Waals surface area contributed by atoms with Gasteiger partial charge in [0.05, 0.1) is 18.8 Å². The van der Waals surface area contributed by atoms with Crippen molar-refractivity contribution in [1.82, 2.24) is 24.8 Å². The lowest BCUT2D eigenvalue weighted by atomic mass is 9.79. The van der Waals surface area contributed by atoms with Crippen molar-refractivity contribution in [1.29, 1.82) is 0 Å². The van der Waals surface area contributed by atoms with E-state index in [-0.39, 0.29) is 42.5 Å². The fraction of sp³-hybridized carbons (Fsp3) is 0.474. The van der Waals surface area contributed by atoms with E-state index < -0.39 is 0 Å². The fourth-order valence-electron chi connectivity index (χ4n) is 7.12. The van der Waals surface area contributed by atoms with Gasteiger partial charge in [-0.2, -0.15) is 0 Å². The monoisotopic (exact) mass is 652 g/mol. The number of anilines is 1. The molecule has 10 nitrogen and oxygen atoms in total. The highest BCUT2D eigenvalue weighted by Gasteiger charge is 2.30. The predicted octanol–water partition coefficient (Wildman–Crippen LogP) is 6.32. The quantitative estimate of drug-likeness (QED) is 0.173. The van der Waals surface area contributed by atoms with Crippen LogP contribution in [-0.4, -0.2) is 63.2 Å². The minimum absolute atomic E-state index is 0.0499. The van der Waals surface area contributed by atoms with Gasteiger partial charge in [-0.05, 0) is 110 Å². The third kappa shape index (κ3) is 7.55. The zero-order valence-electron chi connectivity index (χ0n) is 28.5. The molecule has 4 aromatic rings. The van der Waals surface area contributed by atoms with Gasteiger partial charge in [0.15, 0.2) is 11.5 Å². The topological polar surface area (TPSA) is 121 Å². The Hall–Kier alpha value is -4.28. The molecule has 0 bridgehead atoms. The van der Waals surface area contributed by atoms with Crippen LogP contribution < -0.4 is 15.4 Å². The number of aliphatic hydroxyl groups excluding tert-OH is 1. The average Bonchev–Trinajstić information content (AvgIpc) is 3.69. The molecule has 3 atom stereocenters. The molecule has 2 aromatic carbocycles. The first-order valence-corrected chi connectivity index (χ1v) is 17.3. The summed E-state index contributed by atoms with van der Waals surface area (Å²) < 4.78 is 8.73. The first kappa shape index (κ1) is 33.6. The van der Waals surface area contributed by atoms with E-state index >= 15 is 0 Å². The summed E-state index contributed by atoms with van der Waals surface area (Å²) in [6.07, 6.45) is 8.15. The number of pyridine rings is 1. The normalized spacial score (nSPS) is 19.6. The van der Waals surface area contributed by atoms with E-state index in [4.69, 9.17) is 9.84 Å². The van der Waals surface area contributed by atoms with Gasteiger partial charge in [-0.25, -0.2) is 0 Å². The van der Waals surface area contributed by atoms with Gasteiger partial charge in [-0.3, -0.25) is 18.9 Å². The lowest BCUT2D eigenvalue weighted by Crippen LogP contribution is -2.27. The van der Waals surface area contributed by atoms with E-state index in [0.29, 0.717) is 23.6 Å². The number of carbonyl (C=O) groups excluding carboxylic acids is 2. The number of nitrogens with one attached hydrogen (secondary N) is 2. The van der Waals surface area contributed by atoms with Gasteiger partial charge < -0.3 is 20.5 Å². The van der Waals surface area contributed by atoms with Crippen LogP contribution in [0.5, 0.6) is 5.75 Å². The van der Waals surface area contributed by atoms with Gasteiger partial charge in [0, 0.05) is 24.2 Å². The number of likely N-dealkylation sites (tertiary alicyclic amines) is 1. The Balaban J connectivity index is 1.09. The van der Waals surface area contributed by atoms with Crippen LogP contribution in [0, 0.1) is 0 Å². The van der Waals surface area contributed by atoms with E-state index in [0.717, 1.165) is 67.9 Å². The molecule has 10 heteroatoms. The number of ether oxygens (including phenoxy) is 1. The van der Waals surface area contributed by atoms with Crippen LogP contribution in [0.2, 0.25) is 0 Å². The van der Waals surface area contributed by atoms with Gasteiger partial charge >= 0.3 is 0 Å². The molecule has 0 spiro atoms. The Morgan fingerprint density at radius 1 is 1.02 bits per heavy atom. The Labute approximate surface area is 282 Å². The van der Waals surface area contributed by atoms with Crippen LogP contribution in [0.4, 0.5) is 5.69 Å². The summed E-state index contributed by atoms with van der Waals surface area (Å²) in [7, 11) is 2.15. The minimum atomic E-state index is -0.273. The second kappa shape index (κ2) is 14.5. The second-order valence-electron chi connectivity index (χ2n) is 14.3. The number of nitrogens with zero attached hydrogens (tertiary/aromatic N) is 4. The molecule has 48 heavy (non-hydrogen) atoms. The number of hydrogen-bond donors (Lipinski definition) is 3. The molecule has 2 aliphatic rings. The van der Waals surface area contributed by atoms with E-state index in [1.807, 2.05) is 30.5 Å². The first-order valence-electron chi connectivity index (χ1n) is 17.3. The zero-order chi connectivity index (χ0) is 33.8. The highest BCUT2D eigenvalue weighted by atomic mass is 16.5. The van der Waals surface area contributed by atoms with Crippen LogP contribution >= 0.6 is 0 Å². The molecule has 2 amide bonds. The molecule has 3 heterocycles. The molecule has 0 radical (unpaired) electrons. The van der Waals surface area contributed by atoms with Gasteiger partial charge in [0.1, 0.15) is 11.9 Å². The van der Waals surface area contributed by atoms with Crippen molar-refractivity contribution in [2.45, 2.75) is 89.2 Å². The number of benzene rings is 2. The third-order valence-corrected chi connectivity index (χ3v) is 9.76. The standard InChI is InChI=1S/C38H48N6O4/c1-38(2,3)27-21-26(37(47)39-18-20-45)22-28(23-27)40-35(46)13-7-9-25-14-16-33(31-11-6-5-10-30(25)31)48-29-15-17-34-41-42-36(44(34)24-29)32-12-8-19-43(32)4/h5-6,10-11,15,17,21-25,32-33,45H,7-9,12-14,16,18-20H2,1-4H3,(H,39,47)(H,40,46)/t25-,32-,33+/m0/s1. The molecule has 6 rings (SSSR count). The molecule has 254 valence electrons. The summed E-state index contributed by atoms with van der Waals surface area (Å²) in [6.45, 7) is 7.33. The number of carbonyl (C=O) groups is 2. The van der Waals surface area contributed by atoms with Gasteiger partial charge in [-0.15, -0.1) is 10.2 Å². The van der Waals surface area contributed by atoms with Crippen molar-refractivity contribution >= 4 is 23.1 Å². The molecule has 0 saturated carbocycles. The van der Waals surface area contributed by atoms with Crippen LogP contribution in [0.1, 0.15) is 117 Å². The maximum absolute atomic E-state index is 13.1. The second-order valence-corrected chi connectivity index (χ2v) is 14.3. The molecular weight excluding hydrogens is 604 g/mol. The molecule has 1 aliphatic carbocycles. The SMILES string of the molecule is CN1CCC[C@H]1c1nnc2ccc(O[C@@H]3CC[C@H](CCCC(=O)Nc4cc(C(=O)NCCO)cc(C(C)(C)C)c4)c4ccccc43)cn12. The highest BCUT2D eigenvalue weighted by molar-refractivity contribution is 5.97. The number of fused-ring (bicyclic) bond motifs is 2. The van der Waals surface area contributed by atoms with Crippen molar-refractivity contribution in [2.24, 2.45) is 0 Å². The molecule has 0 unspecified atom stereocenters.